The average molecular weight is 442 g/mol. The van der Waals surface area contributed by atoms with Crippen LogP contribution >= 0.6 is 0 Å². The zero-order valence-corrected chi connectivity index (χ0v) is 18.2. The number of benzene rings is 2. The molecule has 1 aliphatic rings. The van der Waals surface area contributed by atoms with E-state index in [9.17, 15) is 14.4 Å². The monoisotopic (exact) mass is 442 g/mol. The largest absolute Gasteiger partial charge is 0.493 e. The van der Waals surface area contributed by atoms with Gasteiger partial charge in [-0.2, -0.15) is 0 Å². The van der Waals surface area contributed by atoms with E-state index in [1.807, 2.05) is 6.92 Å². The maximum atomic E-state index is 12.7. The van der Waals surface area contributed by atoms with Gasteiger partial charge in [0, 0.05) is 11.8 Å². The number of rotatable bonds is 9. The highest BCUT2D eigenvalue weighted by atomic mass is 16.7. The van der Waals surface area contributed by atoms with Gasteiger partial charge in [-0.25, -0.2) is 4.79 Å². The lowest BCUT2D eigenvalue weighted by atomic mass is 10.0. The van der Waals surface area contributed by atoms with E-state index in [4.69, 9.17) is 18.9 Å². The maximum Gasteiger partial charge on any atom is 0.329 e. The molecule has 2 aromatic rings. The number of esters is 1. The molecule has 0 spiro atoms. The number of carbonyl (C=O) groups is 3. The van der Waals surface area contributed by atoms with E-state index in [2.05, 4.69) is 10.6 Å². The Balaban J connectivity index is 1.57. The van der Waals surface area contributed by atoms with Gasteiger partial charge in [0.1, 0.15) is 11.8 Å². The zero-order valence-electron chi connectivity index (χ0n) is 18.2. The van der Waals surface area contributed by atoms with Crippen molar-refractivity contribution >= 4 is 23.5 Å². The standard InChI is InChI=1S/C23H26N2O7/c1-4-29-17-8-6-5-7-16(17)22(27)25-21(14(2)3)23(28)30-12-20(26)24-15-9-10-18-19(11-15)32-13-31-18/h5-11,14,21H,4,12-13H2,1-3H3,(H,24,26)(H,25,27). The van der Waals surface area contributed by atoms with Crippen LogP contribution < -0.4 is 24.8 Å². The molecule has 0 fully saturated rings. The lowest BCUT2D eigenvalue weighted by Crippen LogP contribution is -2.46. The fourth-order valence-corrected chi connectivity index (χ4v) is 3.05. The smallest absolute Gasteiger partial charge is 0.329 e. The van der Waals surface area contributed by atoms with E-state index in [1.54, 1.807) is 56.3 Å². The van der Waals surface area contributed by atoms with Crippen LogP contribution in [0.3, 0.4) is 0 Å². The Bertz CT molecular complexity index is 990. The molecule has 1 atom stereocenters. The number of fused-ring (bicyclic) bond motifs is 1. The summed E-state index contributed by atoms with van der Waals surface area (Å²) < 4.78 is 21.1. The Morgan fingerprint density at radius 3 is 2.56 bits per heavy atom. The Hall–Kier alpha value is -3.75. The van der Waals surface area contributed by atoms with Gasteiger partial charge in [0.15, 0.2) is 18.1 Å². The number of para-hydroxylation sites is 1. The summed E-state index contributed by atoms with van der Waals surface area (Å²) in [7, 11) is 0. The van der Waals surface area contributed by atoms with Crippen LogP contribution in [0.15, 0.2) is 42.5 Å². The van der Waals surface area contributed by atoms with E-state index in [0.29, 0.717) is 35.1 Å². The molecule has 0 aliphatic carbocycles. The molecule has 32 heavy (non-hydrogen) atoms. The molecule has 0 bridgehead atoms. The third-order valence-corrected chi connectivity index (χ3v) is 4.64. The van der Waals surface area contributed by atoms with Gasteiger partial charge < -0.3 is 29.6 Å². The zero-order chi connectivity index (χ0) is 23.1. The number of ether oxygens (including phenoxy) is 4. The molecule has 2 N–H and O–H groups in total. The first-order valence-electron chi connectivity index (χ1n) is 10.3. The molecule has 0 saturated heterocycles. The molecule has 1 unspecified atom stereocenters. The lowest BCUT2D eigenvalue weighted by molar-refractivity contribution is -0.150. The third kappa shape index (κ3) is 5.69. The summed E-state index contributed by atoms with van der Waals surface area (Å²) in [5, 5.41) is 5.31. The first-order valence-corrected chi connectivity index (χ1v) is 10.3. The predicted octanol–water partition coefficient (Wildman–Crippen LogP) is 2.75. The van der Waals surface area contributed by atoms with E-state index in [0.717, 1.165) is 0 Å². The van der Waals surface area contributed by atoms with Crippen molar-refractivity contribution in [1.29, 1.82) is 0 Å². The van der Waals surface area contributed by atoms with Gasteiger partial charge in [-0.1, -0.05) is 26.0 Å². The Morgan fingerprint density at radius 2 is 1.81 bits per heavy atom. The predicted molar refractivity (Wildman–Crippen MR) is 116 cm³/mol. The molecule has 9 nitrogen and oxygen atoms in total. The second kappa shape index (κ2) is 10.5. The van der Waals surface area contributed by atoms with Crippen LogP contribution in [-0.2, 0) is 14.3 Å². The summed E-state index contributed by atoms with van der Waals surface area (Å²) in [5.41, 5.74) is 0.796. The number of hydrogen-bond donors (Lipinski definition) is 2. The molecule has 1 aliphatic heterocycles. The quantitative estimate of drug-likeness (QED) is 0.574. The van der Waals surface area contributed by atoms with Crippen molar-refractivity contribution in [2.75, 3.05) is 25.3 Å². The van der Waals surface area contributed by atoms with Crippen molar-refractivity contribution < 1.29 is 33.3 Å². The molecule has 0 radical (unpaired) electrons. The number of anilines is 1. The summed E-state index contributed by atoms with van der Waals surface area (Å²) >= 11 is 0. The van der Waals surface area contributed by atoms with Gasteiger partial charge in [-0.15, -0.1) is 0 Å². The van der Waals surface area contributed by atoms with Crippen LogP contribution in [0.5, 0.6) is 17.2 Å². The van der Waals surface area contributed by atoms with Crippen molar-refractivity contribution in [2.45, 2.75) is 26.8 Å². The highest BCUT2D eigenvalue weighted by Crippen LogP contribution is 2.34. The lowest BCUT2D eigenvalue weighted by Gasteiger charge is -2.21. The molecule has 0 saturated carbocycles. The minimum atomic E-state index is -0.935. The highest BCUT2D eigenvalue weighted by Gasteiger charge is 2.28. The molecule has 2 amide bonds. The van der Waals surface area contributed by atoms with Gasteiger partial charge in [0.05, 0.1) is 12.2 Å². The first-order chi connectivity index (χ1) is 15.4. The SMILES string of the molecule is CCOc1ccccc1C(=O)NC(C(=O)OCC(=O)Nc1ccc2c(c1)OCO2)C(C)C. The normalized spacial score (nSPS) is 12.8. The van der Waals surface area contributed by atoms with E-state index in [1.165, 1.54) is 0 Å². The third-order valence-electron chi connectivity index (χ3n) is 4.64. The molecule has 2 aromatic carbocycles. The van der Waals surface area contributed by atoms with Crippen LogP contribution in [0.25, 0.3) is 0 Å². The van der Waals surface area contributed by atoms with Crippen LogP contribution in [0.2, 0.25) is 0 Å². The summed E-state index contributed by atoms with van der Waals surface area (Å²) in [6.45, 7) is 5.39. The Labute approximate surface area is 186 Å². The number of carbonyl (C=O) groups excluding carboxylic acids is 3. The second-order valence-corrected chi connectivity index (χ2v) is 7.35. The highest BCUT2D eigenvalue weighted by molar-refractivity contribution is 5.99. The Morgan fingerprint density at radius 1 is 1.06 bits per heavy atom. The van der Waals surface area contributed by atoms with Crippen molar-refractivity contribution in [2.24, 2.45) is 5.92 Å². The number of hydrogen-bond acceptors (Lipinski definition) is 7. The minimum Gasteiger partial charge on any atom is -0.493 e. The second-order valence-electron chi connectivity index (χ2n) is 7.35. The van der Waals surface area contributed by atoms with Gasteiger partial charge in [-0.05, 0) is 37.1 Å². The summed E-state index contributed by atoms with van der Waals surface area (Å²) in [6, 6.07) is 10.8. The van der Waals surface area contributed by atoms with Crippen LogP contribution in [0, 0.1) is 5.92 Å². The average Bonchev–Trinajstić information content (AvgIpc) is 3.24. The number of nitrogens with one attached hydrogen (secondary N) is 2. The van der Waals surface area contributed by atoms with Gasteiger partial charge >= 0.3 is 5.97 Å². The maximum absolute atomic E-state index is 12.7. The van der Waals surface area contributed by atoms with Crippen LogP contribution in [0.1, 0.15) is 31.1 Å². The van der Waals surface area contributed by atoms with Gasteiger partial charge in [0.25, 0.3) is 11.8 Å². The fourth-order valence-electron chi connectivity index (χ4n) is 3.05. The molecule has 170 valence electrons. The topological polar surface area (TPSA) is 112 Å². The van der Waals surface area contributed by atoms with Crippen molar-refractivity contribution in [3.63, 3.8) is 0 Å². The molecule has 9 heteroatoms. The summed E-state index contributed by atoms with van der Waals surface area (Å²) in [4.78, 5) is 37.5. The van der Waals surface area contributed by atoms with Gasteiger partial charge in [-0.3, -0.25) is 9.59 Å². The van der Waals surface area contributed by atoms with E-state index >= 15 is 0 Å². The first kappa shape index (κ1) is 22.9. The van der Waals surface area contributed by atoms with Crippen molar-refractivity contribution in [1.82, 2.24) is 5.32 Å². The molecular formula is C23H26N2O7. The van der Waals surface area contributed by atoms with Gasteiger partial charge in [0.2, 0.25) is 6.79 Å². The van der Waals surface area contributed by atoms with Crippen LogP contribution in [-0.4, -0.2) is 43.8 Å². The summed E-state index contributed by atoms with van der Waals surface area (Å²) in [6.07, 6.45) is 0. The van der Waals surface area contributed by atoms with E-state index in [-0.39, 0.29) is 12.7 Å². The Kier molecular flexibility index (Phi) is 7.54. The minimum absolute atomic E-state index is 0.127. The molecule has 0 aromatic heterocycles. The van der Waals surface area contributed by atoms with Crippen LogP contribution in [0.4, 0.5) is 5.69 Å². The molecule has 3 rings (SSSR count). The molecular weight excluding hydrogens is 416 g/mol. The van der Waals surface area contributed by atoms with E-state index < -0.39 is 30.4 Å². The van der Waals surface area contributed by atoms with Crippen molar-refractivity contribution in [3.8, 4) is 17.2 Å². The number of amides is 2. The molecule has 1 heterocycles. The van der Waals surface area contributed by atoms with Crippen molar-refractivity contribution in [3.05, 3.63) is 48.0 Å². The summed E-state index contributed by atoms with van der Waals surface area (Å²) in [5.74, 6) is -0.412. The fraction of sp³-hybridized carbons (Fsp3) is 0.348.